The fourth-order valence-corrected chi connectivity index (χ4v) is 1.87. The summed E-state index contributed by atoms with van der Waals surface area (Å²) in [5.74, 6) is 0. The van der Waals surface area contributed by atoms with E-state index in [9.17, 15) is 0 Å². The number of aromatic nitrogens is 1. The quantitative estimate of drug-likeness (QED) is 0.404. The zero-order valence-corrected chi connectivity index (χ0v) is 10.2. The Morgan fingerprint density at radius 1 is 0.733 bits per heavy atom. The first-order chi connectivity index (χ1) is 6.95. The molecule has 1 aromatic heterocycles. The van der Waals surface area contributed by atoms with Crippen molar-refractivity contribution in [2.45, 2.75) is 0 Å². The molecule has 0 amide bonds. The minimum atomic E-state index is 0. The molecule has 0 aliphatic rings. The van der Waals surface area contributed by atoms with Gasteiger partial charge in [0.25, 0.3) is 0 Å². The summed E-state index contributed by atoms with van der Waals surface area (Å²) in [6.07, 6.45) is 1.97. The zero-order chi connectivity index (χ0) is 9.38. The molecule has 74 valence electrons. The molecule has 0 spiro atoms. The van der Waals surface area contributed by atoms with Crippen molar-refractivity contribution in [3.05, 3.63) is 54.7 Å². The van der Waals surface area contributed by atoms with Gasteiger partial charge in [-0.15, -0.1) is 0 Å². The second-order valence-electron chi connectivity index (χ2n) is 3.42. The van der Waals surface area contributed by atoms with E-state index >= 15 is 0 Å². The smallest absolute Gasteiger partial charge is 0.218 e. The van der Waals surface area contributed by atoms with Gasteiger partial charge in [0, 0.05) is 11.5 Å². The van der Waals surface area contributed by atoms with Crippen molar-refractivity contribution < 1.29 is 29.0 Å². The zero-order valence-electron chi connectivity index (χ0n) is 8.07. The maximum absolute atomic E-state index is 3.29. The van der Waals surface area contributed by atoms with Gasteiger partial charge in [-0.3, -0.25) is 0 Å². The molecule has 0 atom stereocenters. The van der Waals surface area contributed by atoms with Crippen LogP contribution in [0, 0.1) is 0 Å². The molecule has 1 heterocycles. The van der Waals surface area contributed by atoms with Crippen LogP contribution in [0.4, 0.5) is 0 Å². The molecule has 0 unspecified atom stereocenters. The van der Waals surface area contributed by atoms with Crippen LogP contribution in [0.2, 0.25) is 0 Å². The largest absolute Gasteiger partial charge is 1.00 e. The fourth-order valence-electron chi connectivity index (χ4n) is 1.87. The molecular formula is C13H10IN. The van der Waals surface area contributed by atoms with Crippen molar-refractivity contribution in [3.8, 4) is 0 Å². The Morgan fingerprint density at radius 3 is 2.40 bits per heavy atom. The fraction of sp³-hybridized carbons (Fsp3) is 0. The Labute approximate surface area is 105 Å². The number of benzene rings is 2. The van der Waals surface area contributed by atoms with Gasteiger partial charge in [-0.2, -0.15) is 0 Å². The lowest BCUT2D eigenvalue weighted by molar-refractivity contribution is -0.343. The van der Waals surface area contributed by atoms with Crippen molar-refractivity contribution in [2.75, 3.05) is 0 Å². The number of nitrogens with one attached hydrogen (secondary N) is 1. The van der Waals surface area contributed by atoms with E-state index in [2.05, 4.69) is 47.4 Å². The highest BCUT2D eigenvalue weighted by molar-refractivity contribution is 6.02. The molecule has 2 heteroatoms. The van der Waals surface area contributed by atoms with Crippen LogP contribution < -0.4 is 29.0 Å². The summed E-state index contributed by atoms with van der Waals surface area (Å²) in [6.45, 7) is 0. The van der Waals surface area contributed by atoms with Crippen LogP contribution in [0.25, 0.3) is 21.7 Å². The number of pyridine rings is 1. The van der Waals surface area contributed by atoms with Crippen molar-refractivity contribution in [1.29, 1.82) is 0 Å². The van der Waals surface area contributed by atoms with E-state index in [4.69, 9.17) is 0 Å². The van der Waals surface area contributed by atoms with E-state index in [-0.39, 0.29) is 24.0 Å². The molecular weight excluding hydrogens is 297 g/mol. The molecule has 15 heavy (non-hydrogen) atoms. The minimum Gasteiger partial charge on any atom is -1.00 e. The Hall–Kier alpha value is -1.16. The summed E-state index contributed by atoms with van der Waals surface area (Å²) in [6, 6.07) is 16.9. The monoisotopic (exact) mass is 307 g/mol. The van der Waals surface area contributed by atoms with Gasteiger partial charge in [0.2, 0.25) is 5.52 Å². The lowest BCUT2D eigenvalue weighted by Gasteiger charge is -1.97. The highest BCUT2D eigenvalue weighted by Crippen LogP contribution is 2.20. The van der Waals surface area contributed by atoms with E-state index in [1.807, 2.05) is 12.3 Å². The highest BCUT2D eigenvalue weighted by Gasteiger charge is 2.03. The molecule has 1 N–H and O–H groups in total. The first-order valence-electron chi connectivity index (χ1n) is 4.73. The van der Waals surface area contributed by atoms with Gasteiger partial charge in [0.15, 0.2) is 6.20 Å². The maximum Gasteiger partial charge on any atom is 0.218 e. The van der Waals surface area contributed by atoms with Crippen LogP contribution in [-0.2, 0) is 0 Å². The summed E-state index contributed by atoms with van der Waals surface area (Å²) in [4.78, 5) is 3.29. The summed E-state index contributed by atoms with van der Waals surface area (Å²) in [7, 11) is 0. The van der Waals surface area contributed by atoms with Gasteiger partial charge in [-0.05, 0) is 23.6 Å². The molecule has 3 aromatic rings. The summed E-state index contributed by atoms with van der Waals surface area (Å²) in [5.41, 5.74) is 1.21. The number of aromatic amines is 1. The van der Waals surface area contributed by atoms with Gasteiger partial charge < -0.3 is 24.0 Å². The Kier molecular flexibility index (Phi) is 2.86. The molecule has 0 fully saturated rings. The average molecular weight is 307 g/mol. The van der Waals surface area contributed by atoms with Crippen molar-refractivity contribution >= 4 is 21.7 Å². The lowest BCUT2D eigenvalue weighted by Crippen LogP contribution is -3.00. The number of rotatable bonds is 0. The molecule has 0 saturated carbocycles. The van der Waals surface area contributed by atoms with Crippen molar-refractivity contribution in [1.82, 2.24) is 0 Å². The SMILES string of the molecule is [I-].c1ccc2c(c1)ccc1ccc[nH+]c12. The van der Waals surface area contributed by atoms with Crippen LogP contribution in [-0.4, -0.2) is 0 Å². The third kappa shape index (κ3) is 1.69. The predicted molar refractivity (Wildman–Crippen MR) is 58.0 cm³/mol. The van der Waals surface area contributed by atoms with Gasteiger partial charge >= 0.3 is 0 Å². The Bertz CT molecular complexity index is 550. The van der Waals surface area contributed by atoms with Gasteiger partial charge in [0.05, 0.1) is 5.39 Å². The van der Waals surface area contributed by atoms with Gasteiger partial charge in [0.1, 0.15) is 0 Å². The molecule has 2 aromatic carbocycles. The van der Waals surface area contributed by atoms with Crippen LogP contribution >= 0.6 is 0 Å². The normalized spacial score (nSPS) is 10.1. The minimum absolute atomic E-state index is 0. The lowest BCUT2D eigenvalue weighted by atomic mass is 10.1. The molecule has 1 nitrogen and oxygen atoms in total. The number of fused-ring (bicyclic) bond motifs is 3. The molecule has 0 radical (unpaired) electrons. The summed E-state index contributed by atoms with van der Waals surface area (Å²) >= 11 is 0. The van der Waals surface area contributed by atoms with Gasteiger partial charge in [-0.25, -0.2) is 4.98 Å². The Balaban J connectivity index is 0.000000853. The molecule has 0 bridgehead atoms. The second kappa shape index (κ2) is 4.14. The van der Waals surface area contributed by atoms with E-state index in [1.54, 1.807) is 0 Å². The van der Waals surface area contributed by atoms with Crippen molar-refractivity contribution in [2.24, 2.45) is 0 Å². The number of halogens is 1. The number of H-pyrrole nitrogens is 1. The third-order valence-corrected chi connectivity index (χ3v) is 2.56. The molecule has 0 aliphatic carbocycles. The number of hydrogen-bond acceptors (Lipinski definition) is 0. The van der Waals surface area contributed by atoms with E-state index in [0.717, 1.165) is 0 Å². The molecule has 0 aliphatic heterocycles. The van der Waals surface area contributed by atoms with Crippen LogP contribution in [0.5, 0.6) is 0 Å². The van der Waals surface area contributed by atoms with Gasteiger partial charge in [-0.1, -0.05) is 24.3 Å². The number of hydrogen-bond donors (Lipinski definition) is 0. The second-order valence-corrected chi connectivity index (χ2v) is 3.42. The Morgan fingerprint density at radius 2 is 1.47 bits per heavy atom. The first kappa shape index (κ1) is 10.4. The topological polar surface area (TPSA) is 14.1 Å². The van der Waals surface area contributed by atoms with Crippen LogP contribution in [0.1, 0.15) is 0 Å². The van der Waals surface area contributed by atoms with E-state index in [0.29, 0.717) is 0 Å². The van der Waals surface area contributed by atoms with Crippen LogP contribution in [0.3, 0.4) is 0 Å². The van der Waals surface area contributed by atoms with E-state index in [1.165, 1.54) is 21.7 Å². The molecule has 3 rings (SSSR count). The average Bonchev–Trinajstić information content (AvgIpc) is 2.29. The summed E-state index contributed by atoms with van der Waals surface area (Å²) < 4.78 is 0. The molecule has 0 saturated heterocycles. The van der Waals surface area contributed by atoms with Crippen LogP contribution in [0.15, 0.2) is 54.7 Å². The standard InChI is InChI=1S/C13H9N.HI/c1-2-6-12-10(4-1)7-8-11-5-3-9-14-13(11)12;/h1-9H;1H. The highest BCUT2D eigenvalue weighted by atomic mass is 127. The first-order valence-corrected chi connectivity index (χ1v) is 4.73. The van der Waals surface area contributed by atoms with E-state index < -0.39 is 0 Å². The maximum atomic E-state index is 3.29. The summed E-state index contributed by atoms with van der Waals surface area (Å²) in [5, 5.41) is 3.82. The van der Waals surface area contributed by atoms with Crippen molar-refractivity contribution in [3.63, 3.8) is 0 Å². The third-order valence-electron chi connectivity index (χ3n) is 2.56. The predicted octanol–water partition coefficient (Wildman–Crippen LogP) is -0.189.